The molecule has 0 saturated carbocycles. The molecule has 1 aromatic carbocycles. The molecule has 0 radical (unpaired) electrons. The number of amides is 1. The van der Waals surface area contributed by atoms with Crippen LogP contribution in [0.1, 0.15) is 19.2 Å². The van der Waals surface area contributed by atoms with Crippen molar-refractivity contribution < 1.29 is 17.9 Å². The van der Waals surface area contributed by atoms with Crippen LogP contribution in [0.4, 0.5) is 5.69 Å². The number of H-pyrrole nitrogens is 1. The number of benzene rings is 1. The summed E-state index contributed by atoms with van der Waals surface area (Å²) in [6.07, 6.45) is 1.77. The van der Waals surface area contributed by atoms with E-state index in [4.69, 9.17) is 4.74 Å². The number of morpholine rings is 1. The summed E-state index contributed by atoms with van der Waals surface area (Å²) in [6.45, 7) is 3.47. The average molecular weight is 426 g/mol. The minimum Gasteiger partial charge on any atom is -0.379 e. The second kappa shape index (κ2) is 9.50. The second-order valence-corrected chi connectivity index (χ2v) is 9.08. The second-order valence-electron chi connectivity index (χ2n) is 6.20. The molecule has 0 unspecified atom stereocenters. The normalized spacial score (nSPS) is 15.5. The number of nitrogens with one attached hydrogen (secondary N) is 2. The largest absolute Gasteiger partial charge is 0.379 e. The highest BCUT2D eigenvalue weighted by Gasteiger charge is 2.26. The summed E-state index contributed by atoms with van der Waals surface area (Å²) in [5, 5.41) is 10.1. The lowest BCUT2D eigenvalue weighted by Crippen LogP contribution is -2.40. The molecule has 2 N–H and O–H groups in total. The van der Waals surface area contributed by atoms with E-state index in [-0.39, 0.29) is 16.6 Å². The Morgan fingerprint density at radius 2 is 2.14 bits per heavy atom. The van der Waals surface area contributed by atoms with Gasteiger partial charge in [-0.25, -0.2) is 13.4 Å². The van der Waals surface area contributed by atoms with Crippen LogP contribution in [0.2, 0.25) is 0 Å². The van der Waals surface area contributed by atoms with E-state index in [1.165, 1.54) is 28.2 Å². The van der Waals surface area contributed by atoms with Crippen LogP contribution >= 0.6 is 11.8 Å². The van der Waals surface area contributed by atoms with E-state index >= 15 is 0 Å². The number of sulfonamides is 1. The van der Waals surface area contributed by atoms with Gasteiger partial charge in [0.05, 0.1) is 23.9 Å². The third-order valence-electron chi connectivity index (χ3n) is 4.06. The van der Waals surface area contributed by atoms with Gasteiger partial charge >= 0.3 is 0 Å². The van der Waals surface area contributed by atoms with Gasteiger partial charge in [0.2, 0.25) is 21.1 Å². The average Bonchev–Trinajstić information content (AvgIpc) is 3.15. The van der Waals surface area contributed by atoms with Crippen LogP contribution in [-0.4, -0.2) is 65.9 Å². The molecule has 0 bridgehead atoms. The predicted molar refractivity (Wildman–Crippen MR) is 106 cm³/mol. The van der Waals surface area contributed by atoms with Crippen LogP contribution in [0.5, 0.6) is 0 Å². The first kappa shape index (κ1) is 20.8. The number of carbonyl (C=O) groups is 1. The molecule has 3 rings (SSSR count). The number of rotatable bonds is 8. The Morgan fingerprint density at radius 3 is 2.89 bits per heavy atom. The van der Waals surface area contributed by atoms with Gasteiger partial charge in [0, 0.05) is 25.2 Å². The Labute approximate surface area is 168 Å². The smallest absolute Gasteiger partial charge is 0.243 e. The van der Waals surface area contributed by atoms with Gasteiger partial charge in [0.15, 0.2) is 0 Å². The van der Waals surface area contributed by atoms with E-state index in [2.05, 4.69) is 27.4 Å². The van der Waals surface area contributed by atoms with E-state index < -0.39 is 10.0 Å². The number of anilines is 1. The van der Waals surface area contributed by atoms with E-state index in [1.807, 2.05) is 0 Å². The lowest BCUT2D eigenvalue weighted by molar-refractivity contribution is -0.113. The first-order valence-electron chi connectivity index (χ1n) is 9.01. The third kappa shape index (κ3) is 5.31. The first-order valence-corrected chi connectivity index (χ1v) is 11.4. The van der Waals surface area contributed by atoms with Crippen molar-refractivity contribution in [3.05, 3.63) is 30.1 Å². The molecule has 1 aliphatic heterocycles. The van der Waals surface area contributed by atoms with Crippen molar-refractivity contribution in [1.82, 2.24) is 19.5 Å². The highest BCUT2D eigenvalue weighted by Crippen LogP contribution is 2.21. The van der Waals surface area contributed by atoms with Crippen LogP contribution in [0.3, 0.4) is 0 Å². The van der Waals surface area contributed by atoms with Gasteiger partial charge in [0.25, 0.3) is 0 Å². The number of hydrogen-bond donors (Lipinski definition) is 2. The summed E-state index contributed by atoms with van der Waals surface area (Å²) >= 11 is 1.22. The number of carbonyl (C=O) groups excluding carboxylic acids is 1. The summed E-state index contributed by atoms with van der Waals surface area (Å²) in [5.74, 6) is 0.670. The zero-order valence-corrected chi connectivity index (χ0v) is 17.2. The van der Waals surface area contributed by atoms with Crippen LogP contribution in [0, 0.1) is 0 Å². The van der Waals surface area contributed by atoms with Crippen molar-refractivity contribution >= 4 is 33.4 Å². The lowest BCUT2D eigenvalue weighted by atomic mass is 10.3. The highest BCUT2D eigenvalue weighted by molar-refractivity contribution is 7.99. The molecular formula is C17H23N5O4S2. The van der Waals surface area contributed by atoms with Crippen LogP contribution < -0.4 is 5.32 Å². The van der Waals surface area contributed by atoms with Crippen molar-refractivity contribution in [3.63, 3.8) is 0 Å². The molecule has 1 saturated heterocycles. The number of thioether (sulfide) groups is 1. The van der Waals surface area contributed by atoms with Crippen LogP contribution in [-0.2, 0) is 26.0 Å². The van der Waals surface area contributed by atoms with Crippen molar-refractivity contribution in [1.29, 1.82) is 0 Å². The van der Waals surface area contributed by atoms with Crippen LogP contribution in [0.15, 0.2) is 34.3 Å². The Hall–Kier alpha value is -1.95. The molecule has 0 atom stereocenters. The lowest BCUT2D eigenvalue weighted by Gasteiger charge is -2.26. The minimum absolute atomic E-state index is 0.129. The maximum Gasteiger partial charge on any atom is 0.243 e. The number of nitrogens with zero attached hydrogens (tertiary/aromatic N) is 3. The van der Waals surface area contributed by atoms with E-state index in [0.29, 0.717) is 37.1 Å². The number of aryl methyl sites for hydroxylation is 1. The zero-order valence-electron chi connectivity index (χ0n) is 15.6. The SMILES string of the molecule is CCCc1nc(SCC(=O)Nc2cccc(S(=O)(=O)N3CCOCC3)c2)n[nH]1. The molecule has 11 heteroatoms. The quantitative estimate of drug-likeness (QED) is 0.616. The molecule has 1 fully saturated rings. The fraction of sp³-hybridized carbons (Fsp3) is 0.471. The fourth-order valence-corrected chi connectivity index (χ4v) is 4.76. The summed E-state index contributed by atoms with van der Waals surface area (Å²) in [5.41, 5.74) is 0.432. The maximum atomic E-state index is 12.7. The number of hydrogen-bond acceptors (Lipinski definition) is 7. The monoisotopic (exact) mass is 425 g/mol. The molecule has 2 aromatic rings. The van der Waals surface area contributed by atoms with E-state index in [0.717, 1.165) is 18.7 Å². The third-order valence-corrected chi connectivity index (χ3v) is 6.80. The van der Waals surface area contributed by atoms with Gasteiger partial charge in [-0.15, -0.1) is 5.10 Å². The molecule has 2 heterocycles. The molecule has 28 heavy (non-hydrogen) atoms. The minimum atomic E-state index is -3.61. The fourth-order valence-electron chi connectivity index (χ4n) is 2.69. The Balaban J connectivity index is 1.59. The first-order chi connectivity index (χ1) is 13.5. The van der Waals surface area contributed by atoms with E-state index in [1.54, 1.807) is 12.1 Å². The molecule has 152 valence electrons. The van der Waals surface area contributed by atoms with Crippen molar-refractivity contribution in [2.45, 2.75) is 29.8 Å². The topological polar surface area (TPSA) is 117 Å². The number of ether oxygens (including phenoxy) is 1. The van der Waals surface area contributed by atoms with Crippen molar-refractivity contribution in [2.24, 2.45) is 0 Å². The van der Waals surface area contributed by atoms with Crippen molar-refractivity contribution in [2.75, 3.05) is 37.4 Å². The molecule has 1 amide bonds. The van der Waals surface area contributed by atoms with Gasteiger partial charge in [0.1, 0.15) is 5.82 Å². The summed E-state index contributed by atoms with van der Waals surface area (Å²) in [7, 11) is -3.61. The van der Waals surface area contributed by atoms with E-state index in [9.17, 15) is 13.2 Å². The Morgan fingerprint density at radius 1 is 1.36 bits per heavy atom. The van der Waals surface area contributed by atoms with Gasteiger partial charge < -0.3 is 10.1 Å². The highest BCUT2D eigenvalue weighted by atomic mass is 32.2. The predicted octanol–water partition coefficient (Wildman–Crippen LogP) is 1.51. The molecular weight excluding hydrogens is 402 g/mol. The number of aromatic amines is 1. The summed E-state index contributed by atoms with van der Waals surface area (Å²) in [6, 6.07) is 6.27. The Bertz CT molecular complexity index is 910. The van der Waals surface area contributed by atoms with Crippen LogP contribution in [0.25, 0.3) is 0 Å². The molecule has 1 aliphatic rings. The van der Waals surface area contributed by atoms with Gasteiger partial charge in [-0.3, -0.25) is 9.89 Å². The maximum absolute atomic E-state index is 12.7. The summed E-state index contributed by atoms with van der Waals surface area (Å²) in [4.78, 5) is 16.7. The number of aromatic nitrogens is 3. The van der Waals surface area contributed by atoms with Gasteiger partial charge in [-0.1, -0.05) is 24.8 Å². The molecule has 1 aromatic heterocycles. The summed E-state index contributed by atoms with van der Waals surface area (Å²) < 4.78 is 32.1. The van der Waals surface area contributed by atoms with Gasteiger partial charge in [-0.2, -0.15) is 4.31 Å². The van der Waals surface area contributed by atoms with Gasteiger partial charge in [-0.05, 0) is 24.6 Å². The molecule has 0 spiro atoms. The Kier molecular flexibility index (Phi) is 7.05. The zero-order chi connectivity index (χ0) is 20.0. The van der Waals surface area contributed by atoms with Crippen molar-refractivity contribution in [3.8, 4) is 0 Å². The molecule has 9 nitrogen and oxygen atoms in total. The standard InChI is InChI=1S/C17H23N5O4S2/c1-2-4-15-19-17(21-20-15)27-12-16(23)18-13-5-3-6-14(11-13)28(24,25)22-7-9-26-10-8-22/h3,5-6,11H,2,4,7-10,12H2,1H3,(H,18,23)(H,19,20,21). The molecule has 0 aliphatic carbocycles.